The van der Waals surface area contributed by atoms with Gasteiger partial charge >= 0.3 is 0 Å². The smallest absolute Gasteiger partial charge is 0.157 e. The lowest BCUT2D eigenvalue weighted by atomic mass is 10.1. The zero-order chi connectivity index (χ0) is 12.0. The standard InChI is InChI=1S/C13H17NO2/c1-3-5-11(4-2)14-9-10-6-7-12(15)13(16)8-10/h2,6-8,11,14-16H,3,5,9H2,1H3. The van der Waals surface area contributed by atoms with Gasteiger partial charge in [-0.25, -0.2) is 0 Å². The number of rotatable bonds is 5. The molecule has 3 N–H and O–H groups in total. The molecule has 0 aromatic heterocycles. The van der Waals surface area contributed by atoms with E-state index in [9.17, 15) is 5.11 Å². The monoisotopic (exact) mass is 219 g/mol. The van der Waals surface area contributed by atoms with E-state index < -0.39 is 0 Å². The van der Waals surface area contributed by atoms with Crippen molar-refractivity contribution in [3.8, 4) is 23.8 Å². The number of terminal acetylenes is 1. The van der Waals surface area contributed by atoms with Crippen LogP contribution in [0.2, 0.25) is 0 Å². The minimum atomic E-state index is -0.106. The van der Waals surface area contributed by atoms with Crippen molar-refractivity contribution in [2.24, 2.45) is 0 Å². The number of benzene rings is 1. The van der Waals surface area contributed by atoms with Crippen LogP contribution in [-0.2, 0) is 6.54 Å². The van der Waals surface area contributed by atoms with Crippen LogP contribution >= 0.6 is 0 Å². The van der Waals surface area contributed by atoms with Crippen LogP contribution in [0.5, 0.6) is 11.5 Å². The summed E-state index contributed by atoms with van der Waals surface area (Å²) in [5, 5.41) is 21.7. The summed E-state index contributed by atoms with van der Waals surface area (Å²) in [7, 11) is 0. The van der Waals surface area contributed by atoms with Crippen LogP contribution in [0.4, 0.5) is 0 Å². The van der Waals surface area contributed by atoms with E-state index >= 15 is 0 Å². The molecule has 1 rings (SSSR count). The summed E-state index contributed by atoms with van der Waals surface area (Å²) in [6.45, 7) is 2.67. The SMILES string of the molecule is C#CC(CCC)NCc1ccc(O)c(O)c1. The van der Waals surface area contributed by atoms with Crippen LogP contribution in [0.25, 0.3) is 0 Å². The highest BCUT2D eigenvalue weighted by Gasteiger charge is 2.04. The molecule has 0 amide bonds. The Morgan fingerprint density at radius 2 is 2.12 bits per heavy atom. The molecule has 0 aliphatic heterocycles. The Bertz CT molecular complexity index is 382. The zero-order valence-electron chi connectivity index (χ0n) is 9.40. The summed E-state index contributed by atoms with van der Waals surface area (Å²) in [6.07, 6.45) is 7.34. The Morgan fingerprint density at radius 3 is 2.69 bits per heavy atom. The van der Waals surface area contributed by atoms with Gasteiger partial charge in [-0.05, 0) is 24.1 Å². The molecule has 0 aliphatic rings. The number of aromatic hydroxyl groups is 2. The Hall–Kier alpha value is -1.66. The number of phenols is 2. The molecule has 1 aromatic carbocycles. The normalized spacial score (nSPS) is 12.0. The third kappa shape index (κ3) is 3.48. The molecule has 86 valence electrons. The molecule has 0 saturated carbocycles. The maximum Gasteiger partial charge on any atom is 0.157 e. The van der Waals surface area contributed by atoms with Crippen molar-refractivity contribution in [2.75, 3.05) is 0 Å². The second kappa shape index (κ2) is 6.04. The summed E-state index contributed by atoms with van der Waals surface area (Å²) in [4.78, 5) is 0. The Kier molecular flexibility index (Phi) is 4.68. The molecule has 1 aromatic rings. The molecule has 1 atom stereocenters. The van der Waals surface area contributed by atoms with E-state index in [0.29, 0.717) is 6.54 Å². The molecule has 0 fully saturated rings. The largest absolute Gasteiger partial charge is 0.504 e. The van der Waals surface area contributed by atoms with Crippen LogP contribution < -0.4 is 5.32 Å². The van der Waals surface area contributed by atoms with Gasteiger partial charge in [-0.15, -0.1) is 6.42 Å². The highest BCUT2D eigenvalue weighted by atomic mass is 16.3. The summed E-state index contributed by atoms with van der Waals surface area (Å²) in [5.41, 5.74) is 0.895. The fourth-order valence-corrected chi connectivity index (χ4v) is 1.45. The van der Waals surface area contributed by atoms with Crippen molar-refractivity contribution < 1.29 is 10.2 Å². The summed E-state index contributed by atoms with van der Waals surface area (Å²) < 4.78 is 0. The zero-order valence-corrected chi connectivity index (χ0v) is 9.40. The van der Waals surface area contributed by atoms with Crippen LogP contribution in [0.15, 0.2) is 18.2 Å². The van der Waals surface area contributed by atoms with E-state index in [-0.39, 0.29) is 17.5 Å². The van der Waals surface area contributed by atoms with E-state index in [0.717, 1.165) is 18.4 Å². The van der Waals surface area contributed by atoms with Crippen molar-refractivity contribution >= 4 is 0 Å². The van der Waals surface area contributed by atoms with Crippen LogP contribution in [-0.4, -0.2) is 16.3 Å². The van der Waals surface area contributed by atoms with Gasteiger partial charge in [0.15, 0.2) is 11.5 Å². The minimum absolute atomic E-state index is 0.0564. The average molecular weight is 219 g/mol. The molecule has 0 aliphatic carbocycles. The van der Waals surface area contributed by atoms with Crippen LogP contribution in [0.3, 0.4) is 0 Å². The second-order valence-corrected chi connectivity index (χ2v) is 3.71. The first kappa shape index (κ1) is 12.4. The number of nitrogens with one attached hydrogen (secondary N) is 1. The van der Waals surface area contributed by atoms with Gasteiger partial charge in [0.2, 0.25) is 0 Å². The van der Waals surface area contributed by atoms with Gasteiger partial charge in [-0.2, -0.15) is 0 Å². The number of hydrogen-bond donors (Lipinski definition) is 3. The predicted octanol–water partition coefficient (Wildman–Crippen LogP) is 1.99. The van der Waals surface area contributed by atoms with E-state index in [4.69, 9.17) is 11.5 Å². The van der Waals surface area contributed by atoms with Gasteiger partial charge in [0, 0.05) is 6.54 Å². The third-order valence-corrected chi connectivity index (χ3v) is 2.37. The lowest BCUT2D eigenvalue weighted by Gasteiger charge is -2.12. The van der Waals surface area contributed by atoms with Gasteiger partial charge in [-0.1, -0.05) is 25.3 Å². The minimum Gasteiger partial charge on any atom is -0.504 e. The maximum absolute atomic E-state index is 9.31. The molecule has 0 heterocycles. The van der Waals surface area contributed by atoms with Gasteiger partial charge < -0.3 is 10.2 Å². The predicted molar refractivity (Wildman–Crippen MR) is 64.1 cm³/mol. The van der Waals surface area contributed by atoms with Gasteiger partial charge in [-0.3, -0.25) is 5.32 Å². The topological polar surface area (TPSA) is 52.5 Å². The first-order valence-electron chi connectivity index (χ1n) is 5.37. The van der Waals surface area contributed by atoms with Crippen LogP contribution in [0.1, 0.15) is 25.3 Å². The highest BCUT2D eigenvalue weighted by molar-refractivity contribution is 5.40. The van der Waals surface area contributed by atoms with Gasteiger partial charge in [0.1, 0.15) is 0 Å². The maximum atomic E-state index is 9.31. The number of phenolic OH excluding ortho intramolecular Hbond substituents is 2. The van der Waals surface area contributed by atoms with Crippen LogP contribution in [0, 0.1) is 12.3 Å². The van der Waals surface area contributed by atoms with Crippen molar-refractivity contribution in [3.05, 3.63) is 23.8 Å². The van der Waals surface area contributed by atoms with Gasteiger partial charge in [0.05, 0.1) is 6.04 Å². The second-order valence-electron chi connectivity index (χ2n) is 3.71. The molecule has 16 heavy (non-hydrogen) atoms. The van der Waals surface area contributed by atoms with Crippen molar-refractivity contribution in [2.45, 2.75) is 32.4 Å². The lowest BCUT2D eigenvalue weighted by Crippen LogP contribution is -2.26. The first-order chi connectivity index (χ1) is 7.67. The molecule has 0 saturated heterocycles. The molecular formula is C13H17NO2. The van der Waals surface area contributed by atoms with Crippen molar-refractivity contribution in [1.29, 1.82) is 0 Å². The molecule has 0 spiro atoms. The lowest BCUT2D eigenvalue weighted by molar-refractivity contribution is 0.402. The summed E-state index contributed by atoms with van der Waals surface area (Å²) in [5.74, 6) is 2.47. The van der Waals surface area contributed by atoms with E-state index in [1.54, 1.807) is 6.07 Å². The highest BCUT2D eigenvalue weighted by Crippen LogP contribution is 2.24. The third-order valence-electron chi connectivity index (χ3n) is 2.37. The quantitative estimate of drug-likeness (QED) is 0.524. The van der Waals surface area contributed by atoms with E-state index in [2.05, 4.69) is 18.2 Å². The van der Waals surface area contributed by atoms with E-state index in [1.165, 1.54) is 12.1 Å². The van der Waals surface area contributed by atoms with E-state index in [1.807, 2.05) is 0 Å². The molecule has 3 nitrogen and oxygen atoms in total. The summed E-state index contributed by atoms with van der Waals surface area (Å²) in [6, 6.07) is 4.81. The Balaban J connectivity index is 2.54. The molecule has 0 bridgehead atoms. The molecule has 3 heteroatoms. The van der Waals surface area contributed by atoms with Crippen molar-refractivity contribution in [3.63, 3.8) is 0 Å². The fourth-order valence-electron chi connectivity index (χ4n) is 1.45. The number of hydrogen-bond acceptors (Lipinski definition) is 3. The summed E-state index contributed by atoms with van der Waals surface area (Å²) >= 11 is 0. The fraction of sp³-hybridized carbons (Fsp3) is 0.385. The molecule has 1 unspecified atom stereocenters. The Labute approximate surface area is 96.1 Å². The Morgan fingerprint density at radius 1 is 1.38 bits per heavy atom. The first-order valence-corrected chi connectivity index (χ1v) is 5.37. The van der Waals surface area contributed by atoms with Crippen molar-refractivity contribution in [1.82, 2.24) is 5.32 Å². The molecular weight excluding hydrogens is 202 g/mol. The van der Waals surface area contributed by atoms with Gasteiger partial charge in [0.25, 0.3) is 0 Å². The average Bonchev–Trinajstić information content (AvgIpc) is 2.28. The molecule has 0 radical (unpaired) electrons.